The summed E-state index contributed by atoms with van der Waals surface area (Å²) in [7, 11) is 0. The molecule has 1 aromatic carbocycles. The van der Waals surface area contributed by atoms with E-state index in [2.05, 4.69) is 9.97 Å². The SMILES string of the molecule is CCc1nc(C)c2c(C)c(C(=O)OCN3C(=O)c4ccccc4C3=O)sc2n1. The first kappa shape index (κ1) is 18.2. The van der Waals surface area contributed by atoms with E-state index in [0.29, 0.717) is 22.4 Å². The van der Waals surface area contributed by atoms with Crippen LogP contribution < -0.4 is 0 Å². The molecule has 2 aromatic heterocycles. The third-order valence-electron chi connectivity index (χ3n) is 4.72. The van der Waals surface area contributed by atoms with Crippen molar-refractivity contribution in [1.82, 2.24) is 14.9 Å². The molecule has 4 rings (SSSR count). The minimum Gasteiger partial charge on any atom is -0.439 e. The van der Waals surface area contributed by atoms with Gasteiger partial charge in [-0.3, -0.25) is 9.59 Å². The van der Waals surface area contributed by atoms with Crippen LogP contribution in [-0.4, -0.2) is 39.4 Å². The lowest BCUT2D eigenvalue weighted by Crippen LogP contribution is -2.33. The van der Waals surface area contributed by atoms with Gasteiger partial charge in [-0.15, -0.1) is 11.3 Å². The van der Waals surface area contributed by atoms with E-state index in [-0.39, 0.29) is 0 Å². The molecule has 0 aliphatic carbocycles. The van der Waals surface area contributed by atoms with Crippen LogP contribution in [0.25, 0.3) is 10.2 Å². The van der Waals surface area contributed by atoms with Crippen LogP contribution in [0.3, 0.4) is 0 Å². The number of rotatable bonds is 4. The van der Waals surface area contributed by atoms with Gasteiger partial charge in [-0.25, -0.2) is 19.7 Å². The van der Waals surface area contributed by atoms with Crippen molar-refractivity contribution in [3.63, 3.8) is 0 Å². The lowest BCUT2D eigenvalue weighted by atomic mass is 10.1. The molecule has 0 atom stereocenters. The third-order valence-corrected chi connectivity index (χ3v) is 5.89. The average Bonchev–Trinajstić information content (AvgIpc) is 3.15. The third kappa shape index (κ3) is 2.77. The van der Waals surface area contributed by atoms with Gasteiger partial charge in [0.05, 0.1) is 11.1 Å². The predicted octanol–water partition coefficient (Wildman–Crippen LogP) is 3.28. The molecular weight excluding hydrogens is 378 g/mol. The summed E-state index contributed by atoms with van der Waals surface area (Å²) in [6, 6.07) is 6.54. The summed E-state index contributed by atoms with van der Waals surface area (Å²) in [6.45, 7) is 5.25. The van der Waals surface area contributed by atoms with Gasteiger partial charge in [0, 0.05) is 17.5 Å². The Morgan fingerprint density at radius 3 is 2.36 bits per heavy atom. The van der Waals surface area contributed by atoms with E-state index in [1.54, 1.807) is 24.3 Å². The van der Waals surface area contributed by atoms with E-state index >= 15 is 0 Å². The molecule has 2 amide bonds. The average molecular weight is 395 g/mol. The number of aryl methyl sites for hydroxylation is 3. The van der Waals surface area contributed by atoms with Crippen molar-refractivity contribution in [2.45, 2.75) is 27.2 Å². The number of hydrogen-bond donors (Lipinski definition) is 0. The number of fused-ring (bicyclic) bond motifs is 2. The minimum atomic E-state index is -0.588. The molecule has 0 saturated heterocycles. The lowest BCUT2D eigenvalue weighted by molar-refractivity contribution is 0.0231. The molecule has 0 fully saturated rings. The smallest absolute Gasteiger partial charge is 0.350 e. The highest BCUT2D eigenvalue weighted by Crippen LogP contribution is 2.32. The second kappa shape index (κ2) is 6.79. The molecule has 1 aliphatic heterocycles. The van der Waals surface area contributed by atoms with Crippen molar-refractivity contribution in [2.75, 3.05) is 6.73 Å². The monoisotopic (exact) mass is 395 g/mol. The quantitative estimate of drug-likeness (QED) is 0.497. The van der Waals surface area contributed by atoms with Crippen LogP contribution in [0.4, 0.5) is 0 Å². The molecule has 28 heavy (non-hydrogen) atoms. The van der Waals surface area contributed by atoms with Crippen LogP contribution in [-0.2, 0) is 11.2 Å². The molecule has 0 saturated carbocycles. The summed E-state index contributed by atoms with van der Waals surface area (Å²) < 4.78 is 5.30. The fraction of sp³-hybridized carbons (Fsp3) is 0.250. The molecule has 0 spiro atoms. The normalized spacial score (nSPS) is 13.3. The minimum absolute atomic E-state index is 0.319. The number of carbonyl (C=O) groups excluding carboxylic acids is 3. The van der Waals surface area contributed by atoms with E-state index in [0.717, 1.165) is 32.2 Å². The standard InChI is InChI=1S/C20H17N3O4S/c1-4-14-21-11(3)15-10(2)16(28-17(15)22-14)20(26)27-9-23-18(24)12-7-5-6-8-13(12)19(23)25/h5-8H,4,9H2,1-3H3. The van der Waals surface area contributed by atoms with Crippen LogP contribution in [0.1, 0.15) is 54.4 Å². The Kier molecular flexibility index (Phi) is 4.43. The van der Waals surface area contributed by atoms with Gasteiger partial charge in [0.1, 0.15) is 15.5 Å². The predicted molar refractivity (Wildman–Crippen MR) is 103 cm³/mol. The van der Waals surface area contributed by atoms with Crippen molar-refractivity contribution in [3.05, 3.63) is 57.4 Å². The first-order valence-electron chi connectivity index (χ1n) is 8.81. The Bertz CT molecular complexity index is 1120. The second-order valence-electron chi connectivity index (χ2n) is 6.46. The summed E-state index contributed by atoms with van der Waals surface area (Å²) in [4.78, 5) is 48.4. The number of ether oxygens (including phenoxy) is 1. The number of benzene rings is 1. The van der Waals surface area contributed by atoms with Crippen LogP contribution in [0.2, 0.25) is 0 Å². The molecule has 1 aliphatic rings. The Labute approximate surface area is 165 Å². The maximum atomic E-state index is 12.6. The highest BCUT2D eigenvalue weighted by Gasteiger charge is 2.36. The Morgan fingerprint density at radius 2 is 1.75 bits per heavy atom. The lowest BCUT2D eigenvalue weighted by Gasteiger charge is -2.13. The molecule has 3 heterocycles. The zero-order valence-electron chi connectivity index (χ0n) is 15.6. The van der Waals surface area contributed by atoms with Crippen molar-refractivity contribution >= 4 is 39.3 Å². The van der Waals surface area contributed by atoms with Gasteiger partial charge >= 0.3 is 5.97 Å². The van der Waals surface area contributed by atoms with Crippen molar-refractivity contribution in [1.29, 1.82) is 0 Å². The van der Waals surface area contributed by atoms with Crippen molar-refractivity contribution < 1.29 is 19.1 Å². The number of carbonyl (C=O) groups is 3. The second-order valence-corrected chi connectivity index (χ2v) is 7.46. The van der Waals surface area contributed by atoms with Gasteiger partial charge < -0.3 is 4.74 Å². The van der Waals surface area contributed by atoms with E-state index in [4.69, 9.17) is 4.74 Å². The number of esters is 1. The Balaban J connectivity index is 1.57. The first-order valence-corrected chi connectivity index (χ1v) is 9.63. The number of amides is 2. The largest absolute Gasteiger partial charge is 0.439 e. The Morgan fingerprint density at radius 1 is 1.11 bits per heavy atom. The van der Waals surface area contributed by atoms with Gasteiger partial charge in [-0.1, -0.05) is 19.1 Å². The van der Waals surface area contributed by atoms with E-state index in [1.165, 1.54) is 11.3 Å². The number of nitrogens with zero attached hydrogens (tertiary/aromatic N) is 3. The van der Waals surface area contributed by atoms with Gasteiger partial charge in [0.25, 0.3) is 11.8 Å². The summed E-state index contributed by atoms with van der Waals surface area (Å²) >= 11 is 1.23. The zero-order valence-corrected chi connectivity index (χ0v) is 16.4. The molecule has 0 unspecified atom stereocenters. The molecule has 7 nitrogen and oxygen atoms in total. The van der Waals surface area contributed by atoms with Gasteiger partial charge in [-0.05, 0) is 31.5 Å². The van der Waals surface area contributed by atoms with Crippen molar-refractivity contribution in [3.8, 4) is 0 Å². The fourth-order valence-electron chi connectivity index (χ4n) is 3.29. The molecule has 0 radical (unpaired) electrons. The maximum absolute atomic E-state index is 12.6. The molecule has 0 bridgehead atoms. The first-order chi connectivity index (χ1) is 13.4. The number of aromatic nitrogens is 2. The highest BCUT2D eigenvalue weighted by atomic mass is 32.1. The number of thiophene rings is 1. The van der Waals surface area contributed by atoms with Crippen LogP contribution in [0, 0.1) is 13.8 Å². The van der Waals surface area contributed by atoms with Gasteiger partial charge in [-0.2, -0.15) is 0 Å². The fourth-order valence-corrected chi connectivity index (χ4v) is 4.44. The van der Waals surface area contributed by atoms with Gasteiger partial charge in [0.15, 0.2) is 6.73 Å². The number of hydrogen-bond acceptors (Lipinski definition) is 7. The molecule has 3 aromatic rings. The molecular formula is C20H17N3O4S. The summed E-state index contributed by atoms with van der Waals surface area (Å²) in [5.74, 6) is -0.793. The van der Waals surface area contributed by atoms with Crippen LogP contribution >= 0.6 is 11.3 Å². The highest BCUT2D eigenvalue weighted by molar-refractivity contribution is 7.20. The molecule has 142 valence electrons. The maximum Gasteiger partial charge on any atom is 0.350 e. The zero-order chi connectivity index (χ0) is 20.0. The topological polar surface area (TPSA) is 89.5 Å². The van der Waals surface area contributed by atoms with E-state index < -0.39 is 24.5 Å². The molecule has 8 heteroatoms. The number of imide groups is 1. The molecule has 0 N–H and O–H groups in total. The van der Waals surface area contributed by atoms with Gasteiger partial charge in [0.2, 0.25) is 0 Å². The van der Waals surface area contributed by atoms with E-state index in [1.807, 2.05) is 20.8 Å². The van der Waals surface area contributed by atoms with Crippen molar-refractivity contribution in [2.24, 2.45) is 0 Å². The summed E-state index contributed by atoms with van der Waals surface area (Å²) in [5.41, 5.74) is 2.20. The van der Waals surface area contributed by atoms with E-state index in [9.17, 15) is 14.4 Å². The summed E-state index contributed by atoms with van der Waals surface area (Å²) in [6.07, 6.45) is 0.702. The van der Waals surface area contributed by atoms with Crippen LogP contribution in [0.5, 0.6) is 0 Å². The summed E-state index contributed by atoms with van der Waals surface area (Å²) in [5, 5.41) is 0.842. The Hall–Kier alpha value is -3.13. The van der Waals surface area contributed by atoms with Crippen LogP contribution in [0.15, 0.2) is 24.3 Å².